The third kappa shape index (κ3) is 3.51. The van der Waals surface area contributed by atoms with Crippen molar-refractivity contribution in [2.45, 2.75) is 13.3 Å². The Morgan fingerprint density at radius 2 is 2.11 bits per heavy atom. The van der Waals surface area contributed by atoms with Gasteiger partial charge in [0, 0.05) is 29.4 Å². The van der Waals surface area contributed by atoms with Gasteiger partial charge in [-0.25, -0.2) is 4.98 Å². The summed E-state index contributed by atoms with van der Waals surface area (Å²) in [6, 6.07) is 8.11. The molecule has 5 heteroatoms. The van der Waals surface area contributed by atoms with E-state index in [1.54, 1.807) is 11.3 Å². The van der Waals surface area contributed by atoms with Crippen LogP contribution in [0.1, 0.15) is 13.3 Å². The second-order valence-corrected chi connectivity index (χ2v) is 5.10. The molecule has 1 heterocycles. The Balaban J connectivity index is 1.98. The standard InChI is InChI=1S/C13H15N3S2/c1-2-7-15-13(17)16-11-5-3-10(4-6-11)12-14-8-9-18-12/h3-6,8-9H,2,7H2,1H3,(H2,15,16,17). The summed E-state index contributed by atoms with van der Waals surface area (Å²) < 4.78 is 0. The highest BCUT2D eigenvalue weighted by atomic mass is 32.1. The molecule has 94 valence electrons. The Hall–Kier alpha value is -1.46. The van der Waals surface area contributed by atoms with Crippen molar-refractivity contribution in [2.75, 3.05) is 11.9 Å². The fourth-order valence-corrected chi connectivity index (χ4v) is 2.34. The number of thiocarbonyl (C=S) groups is 1. The lowest BCUT2D eigenvalue weighted by Gasteiger charge is -2.09. The maximum absolute atomic E-state index is 5.18. The van der Waals surface area contributed by atoms with Gasteiger partial charge in [-0.2, -0.15) is 0 Å². The lowest BCUT2D eigenvalue weighted by molar-refractivity contribution is 0.846. The van der Waals surface area contributed by atoms with Gasteiger partial charge in [0.2, 0.25) is 0 Å². The quantitative estimate of drug-likeness (QED) is 0.839. The van der Waals surface area contributed by atoms with Crippen molar-refractivity contribution in [2.24, 2.45) is 0 Å². The van der Waals surface area contributed by atoms with Crippen LogP contribution in [0.5, 0.6) is 0 Å². The van der Waals surface area contributed by atoms with Crippen molar-refractivity contribution in [3.8, 4) is 10.6 Å². The first kappa shape index (κ1) is 13.0. The molecule has 1 aromatic heterocycles. The number of thiazole rings is 1. The van der Waals surface area contributed by atoms with Gasteiger partial charge in [0.1, 0.15) is 5.01 Å². The molecule has 2 rings (SSSR count). The van der Waals surface area contributed by atoms with Gasteiger partial charge in [-0.1, -0.05) is 6.92 Å². The Morgan fingerprint density at radius 1 is 1.33 bits per heavy atom. The van der Waals surface area contributed by atoms with E-state index in [0.29, 0.717) is 5.11 Å². The summed E-state index contributed by atoms with van der Waals surface area (Å²) in [6.45, 7) is 3.00. The Bertz CT molecular complexity index is 491. The Labute approximate surface area is 116 Å². The van der Waals surface area contributed by atoms with Gasteiger partial charge in [-0.05, 0) is 42.9 Å². The molecule has 0 atom stereocenters. The molecule has 2 N–H and O–H groups in total. The van der Waals surface area contributed by atoms with Crippen LogP contribution in [0.15, 0.2) is 35.8 Å². The first-order chi connectivity index (χ1) is 8.79. The number of hydrogen-bond donors (Lipinski definition) is 2. The van der Waals surface area contributed by atoms with Crippen LogP contribution < -0.4 is 10.6 Å². The molecule has 0 amide bonds. The summed E-state index contributed by atoms with van der Waals surface area (Å²) >= 11 is 6.82. The third-order valence-electron chi connectivity index (χ3n) is 2.36. The van der Waals surface area contributed by atoms with Gasteiger partial charge in [0.25, 0.3) is 0 Å². The zero-order chi connectivity index (χ0) is 12.8. The van der Waals surface area contributed by atoms with Crippen LogP contribution in [-0.2, 0) is 0 Å². The summed E-state index contributed by atoms with van der Waals surface area (Å²) in [4.78, 5) is 4.28. The van der Waals surface area contributed by atoms with Crippen LogP contribution in [0.25, 0.3) is 10.6 Å². The molecular formula is C13H15N3S2. The molecular weight excluding hydrogens is 262 g/mol. The highest BCUT2D eigenvalue weighted by molar-refractivity contribution is 7.80. The monoisotopic (exact) mass is 277 g/mol. The van der Waals surface area contributed by atoms with Crippen molar-refractivity contribution in [3.63, 3.8) is 0 Å². The molecule has 1 aromatic carbocycles. The van der Waals surface area contributed by atoms with E-state index in [4.69, 9.17) is 12.2 Å². The Kier molecular flexibility index (Phi) is 4.66. The van der Waals surface area contributed by atoms with Crippen molar-refractivity contribution >= 4 is 34.4 Å². The fourth-order valence-electron chi connectivity index (χ4n) is 1.48. The SMILES string of the molecule is CCCNC(=S)Nc1ccc(-c2nccs2)cc1. The third-order valence-corrected chi connectivity index (χ3v) is 3.43. The normalized spacial score (nSPS) is 10.1. The molecule has 0 radical (unpaired) electrons. The lowest BCUT2D eigenvalue weighted by Crippen LogP contribution is -2.28. The zero-order valence-corrected chi connectivity index (χ0v) is 11.8. The molecule has 2 aromatic rings. The number of nitrogens with zero attached hydrogens (tertiary/aromatic N) is 1. The van der Waals surface area contributed by atoms with Gasteiger partial charge in [0.15, 0.2) is 5.11 Å². The molecule has 0 fully saturated rings. The van der Waals surface area contributed by atoms with Crippen LogP contribution >= 0.6 is 23.6 Å². The molecule has 0 spiro atoms. The zero-order valence-electron chi connectivity index (χ0n) is 10.1. The van der Waals surface area contributed by atoms with Crippen molar-refractivity contribution in [3.05, 3.63) is 35.8 Å². The topological polar surface area (TPSA) is 37.0 Å². The van der Waals surface area contributed by atoms with E-state index in [1.165, 1.54) is 0 Å². The van der Waals surface area contributed by atoms with E-state index in [2.05, 4.69) is 22.5 Å². The molecule has 0 aliphatic heterocycles. The average Bonchev–Trinajstić information content (AvgIpc) is 2.91. The number of aromatic nitrogens is 1. The second-order valence-electron chi connectivity index (χ2n) is 3.80. The average molecular weight is 277 g/mol. The molecule has 0 saturated heterocycles. The minimum Gasteiger partial charge on any atom is -0.362 e. The number of rotatable bonds is 4. The molecule has 18 heavy (non-hydrogen) atoms. The summed E-state index contributed by atoms with van der Waals surface area (Å²) in [7, 11) is 0. The first-order valence-electron chi connectivity index (χ1n) is 5.84. The van der Waals surface area contributed by atoms with E-state index in [-0.39, 0.29) is 0 Å². The summed E-state index contributed by atoms with van der Waals surface area (Å²) in [5, 5.41) is 9.96. The number of anilines is 1. The molecule has 0 saturated carbocycles. The second kappa shape index (κ2) is 6.47. The number of benzene rings is 1. The van der Waals surface area contributed by atoms with Crippen LogP contribution in [0.4, 0.5) is 5.69 Å². The van der Waals surface area contributed by atoms with Gasteiger partial charge < -0.3 is 10.6 Å². The van der Waals surface area contributed by atoms with Gasteiger partial charge in [-0.15, -0.1) is 11.3 Å². The van der Waals surface area contributed by atoms with Crippen LogP contribution in [-0.4, -0.2) is 16.6 Å². The lowest BCUT2D eigenvalue weighted by atomic mass is 10.2. The maximum Gasteiger partial charge on any atom is 0.170 e. The summed E-state index contributed by atoms with van der Waals surface area (Å²) in [5.41, 5.74) is 2.12. The Morgan fingerprint density at radius 3 is 2.72 bits per heavy atom. The van der Waals surface area contributed by atoms with Crippen molar-refractivity contribution < 1.29 is 0 Å². The molecule has 0 unspecified atom stereocenters. The highest BCUT2D eigenvalue weighted by Crippen LogP contribution is 2.23. The maximum atomic E-state index is 5.18. The molecule has 0 aliphatic rings. The van der Waals surface area contributed by atoms with E-state index in [1.807, 2.05) is 35.8 Å². The summed E-state index contributed by atoms with van der Waals surface area (Å²) in [6.07, 6.45) is 2.88. The van der Waals surface area contributed by atoms with E-state index >= 15 is 0 Å². The predicted octanol–water partition coefficient (Wildman–Crippen LogP) is 3.51. The van der Waals surface area contributed by atoms with E-state index in [0.717, 1.165) is 29.2 Å². The van der Waals surface area contributed by atoms with Crippen molar-refractivity contribution in [1.82, 2.24) is 10.3 Å². The van der Waals surface area contributed by atoms with Gasteiger partial charge in [0.05, 0.1) is 0 Å². The van der Waals surface area contributed by atoms with Crippen molar-refractivity contribution in [1.29, 1.82) is 0 Å². The van der Waals surface area contributed by atoms with Gasteiger partial charge in [-0.3, -0.25) is 0 Å². The van der Waals surface area contributed by atoms with Crippen LogP contribution in [0, 0.1) is 0 Å². The summed E-state index contributed by atoms with van der Waals surface area (Å²) in [5.74, 6) is 0. The van der Waals surface area contributed by atoms with E-state index < -0.39 is 0 Å². The number of hydrogen-bond acceptors (Lipinski definition) is 3. The smallest absolute Gasteiger partial charge is 0.170 e. The molecule has 0 bridgehead atoms. The van der Waals surface area contributed by atoms with Crippen LogP contribution in [0.2, 0.25) is 0 Å². The number of nitrogens with one attached hydrogen (secondary N) is 2. The minimum atomic E-state index is 0.666. The van der Waals surface area contributed by atoms with Gasteiger partial charge >= 0.3 is 0 Å². The largest absolute Gasteiger partial charge is 0.362 e. The first-order valence-corrected chi connectivity index (χ1v) is 7.13. The highest BCUT2D eigenvalue weighted by Gasteiger charge is 2.01. The fraction of sp³-hybridized carbons (Fsp3) is 0.231. The van der Waals surface area contributed by atoms with E-state index in [9.17, 15) is 0 Å². The minimum absolute atomic E-state index is 0.666. The molecule has 0 aliphatic carbocycles. The van der Waals surface area contributed by atoms with Crippen LogP contribution in [0.3, 0.4) is 0 Å². The predicted molar refractivity (Wildman–Crippen MR) is 82.1 cm³/mol. The molecule has 3 nitrogen and oxygen atoms in total.